The number of hydrogen-bond donors (Lipinski definition) is 1. The SMILES string of the molecule is CC(C)(C)C(=O)Nc1ccc(C(C)(C)C#N)cc1. The quantitative estimate of drug-likeness (QED) is 0.866. The van der Waals surface area contributed by atoms with Crippen LogP contribution in [0.25, 0.3) is 0 Å². The number of nitriles is 1. The van der Waals surface area contributed by atoms with Crippen molar-refractivity contribution < 1.29 is 4.79 Å². The maximum atomic E-state index is 11.8. The fourth-order valence-electron chi connectivity index (χ4n) is 1.35. The van der Waals surface area contributed by atoms with Gasteiger partial charge in [-0.3, -0.25) is 4.79 Å². The Morgan fingerprint density at radius 3 is 2.00 bits per heavy atom. The normalized spacial score (nSPS) is 11.8. The fourth-order valence-corrected chi connectivity index (χ4v) is 1.35. The predicted molar refractivity (Wildman–Crippen MR) is 73.2 cm³/mol. The number of amides is 1. The highest BCUT2D eigenvalue weighted by molar-refractivity contribution is 5.94. The van der Waals surface area contributed by atoms with E-state index in [0.29, 0.717) is 0 Å². The standard InChI is InChI=1S/C15H20N2O/c1-14(2,3)13(18)17-12-8-6-11(7-9-12)15(4,5)10-16/h6-9H,1-5H3,(H,17,18). The minimum Gasteiger partial charge on any atom is -0.326 e. The van der Waals surface area contributed by atoms with Crippen molar-refractivity contribution >= 4 is 11.6 Å². The summed E-state index contributed by atoms with van der Waals surface area (Å²) in [6, 6.07) is 9.67. The molecule has 0 aliphatic heterocycles. The highest BCUT2D eigenvalue weighted by Gasteiger charge is 2.22. The Kier molecular flexibility index (Phi) is 3.81. The second kappa shape index (κ2) is 4.81. The summed E-state index contributed by atoms with van der Waals surface area (Å²) in [6.45, 7) is 9.35. The first-order valence-electron chi connectivity index (χ1n) is 6.00. The Bertz CT molecular complexity index is 473. The van der Waals surface area contributed by atoms with Gasteiger partial charge in [-0.15, -0.1) is 0 Å². The van der Waals surface area contributed by atoms with Crippen molar-refractivity contribution in [3.63, 3.8) is 0 Å². The first-order valence-corrected chi connectivity index (χ1v) is 6.00. The van der Waals surface area contributed by atoms with E-state index in [1.54, 1.807) is 0 Å². The van der Waals surface area contributed by atoms with Crippen LogP contribution in [0.1, 0.15) is 40.2 Å². The van der Waals surface area contributed by atoms with Gasteiger partial charge < -0.3 is 5.32 Å². The first-order chi connectivity index (χ1) is 8.16. The van der Waals surface area contributed by atoms with Crippen molar-refractivity contribution in [3.8, 4) is 6.07 Å². The molecule has 0 atom stereocenters. The minimum absolute atomic E-state index is 0.0187. The molecule has 1 aromatic rings. The second-order valence-electron chi connectivity index (χ2n) is 6.02. The molecule has 0 bridgehead atoms. The average molecular weight is 244 g/mol. The number of benzene rings is 1. The summed E-state index contributed by atoms with van der Waals surface area (Å²) in [4.78, 5) is 11.8. The first kappa shape index (κ1) is 14.2. The summed E-state index contributed by atoms with van der Waals surface area (Å²) >= 11 is 0. The van der Waals surface area contributed by atoms with Crippen molar-refractivity contribution in [1.29, 1.82) is 5.26 Å². The Hall–Kier alpha value is -1.82. The van der Waals surface area contributed by atoms with Crippen LogP contribution in [0.15, 0.2) is 24.3 Å². The van der Waals surface area contributed by atoms with Crippen molar-refractivity contribution in [3.05, 3.63) is 29.8 Å². The highest BCUT2D eigenvalue weighted by Crippen LogP contribution is 2.24. The van der Waals surface area contributed by atoms with E-state index in [1.165, 1.54) is 0 Å². The van der Waals surface area contributed by atoms with E-state index in [4.69, 9.17) is 5.26 Å². The number of anilines is 1. The zero-order valence-electron chi connectivity index (χ0n) is 11.7. The van der Waals surface area contributed by atoms with Crippen molar-refractivity contribution in [1.82, 2.24) is 0 Å². The molecule has 0 heterocycles. The van der Waals surface area contributed by atoms with Gasteiger partial charge in [0.1, 0.15) is 0 Å². The molecular formula is C15H20N2O. The molecule has 0 radical (unpaired) electrons. The lowest BCUT2D eigenvalue weighted by atomic mass is 9.86. The highest BCUT2D eigenvalue weighted by atomic mass is 16.2. The van der Waals surface area contributed by atoms with Gasteiger partial charge in [0.05, 0.1) is 11.5 Å². The molecule has 0 aliphatic carbocycles. The Labute approximate surface area is 109 Å². The third kappa shape index (κ3) is 3.33. The minimum atomic E-state index is -0.507. The molecule has 0 aliphatic rings. The Morgan fingerprint density at radius 1 is 1.11 bits per heavy atom. The smallest absolute Gasteiger partial charge is 0.229 e. The number of nitrogens with one attached hydrogen (secondary N) is 1. The molecule has 0 fully saturated rings. The lowest BCUT2D eigenvalue weighted by Crippen LogP contribution is -2.27. The van der Waals surface area contributed by atoms with Crippen molar-refractivity contribution in [2.45, 2.75) is 40.0 Å². The third-order valence-corrected chi connectivity index (χ3v) is 2.83. The maximum Gasteiger partial charge on any atom is 0.229 e. The summed E-state index contributed by atoms with van der Waals surface area (Å²) in [6.07, 6.45) is 0. The van der Waals surface area contributed by atoms with Crippen LogP contribution >= 0.6 is 0 Å². The van der Waals surface area contributed by atoms with Gasteiger partial charge in [-0.1, -0.05) is 32.9 Å². The van der Waals surface area contributed by atoms with E-state index in [-0.39, 0.29) is 5.91 Å². The van der Waals surface area contributed by atoms with Crippen LogP contribution in [0, 0.1) is 16.7 Å². The molecule has 1 N–H and O–H groups in total. The van der Waals surface area contributed by atoms with Crippen LogP contribution in [-0.2, 0) is 10.2 Å². The molecule has 0 aromatic heterocycles. The van der Waals surface area contributed by atoms with Crippen LogP contribution in [0.2, 0.25) is 0 Å². The molecule has 0 saturated carbocycles. The van der Waals surface area contributed by atoms with E-state index in [1.807, 2.05) is 58.9 Å². The lowest BCUT2D eigenvalue weighted by molar-refractivity contribution is -0.123. The molecule has 1 amide bonds. The monoisotopic (exact) mass is 244 g/mol. The van der Waals surface area contributed by atoms with Gasteiger partial charge in [0.15, 0.2) is 0 Å². The van der Waals surface area contributed by atoms with Gasteiger partial charge in [-0.25, -0.2) is 0 Å². The van der Waals surface area contributed by atoms with Crippen LogP contribution in [0.5, 0.6) is 0 Å². The largest absolute Gasteiger partial charge is 0.326 e. The lowest BCUT2D eigenvalue weighted by Gasteiger charge is -2.19. The fraction of sp³-hybridized carbons (Fsp3) is 0.467. The van der Waals surface area contributed by atoms with Crippen LogP contribution in [0.4, 0.5) is 5.69 Å². The Balaban J connectivity index is 2.86. The third-order valence-electron chi connectivity index (χ3n) is 2.83. The van der Waals surface area contributed by atoms with Crippen LogP contribution < -0.4 is 5.32 Å². The van der Waals surface area contributed by atoms with Gasteiger partial charge in [0.2, 0.25) is 5.91 Å². The molecule has 1 aromatic carbocycles. The predicted octanol–water partition coefficient (Wildman–Crippen LogP) is 3.47. The number of rotatable bonds is 2. The molecule has 0 unspecified atom stereocenters. The Morgan fingerprint density at radius 2 is 1.61 bits per heavy atom. The van der Waals surface area contributed by atoms with Gasteiger partial charge in [0.25, 0.3) is 0 Å². The molecular weight excluding hydrogens is 224 g/mol. The molecule has 96 valence electrons. The van der Waals surface area contributed by atoms with Crippen molar-refractivity contribution in [2.24, 2.45) is 5.41 Å². The topological polar surface area (TPSA) is 52.9 Å². The number of hydrogen-bond acceptors (Lipinski definition) is 2. The molecule has 18 heavy (non-hydrogen) atoms. The number of nitrogens with zero attached hydrogens (tertiary/aromatic N) is 1. The summed E-state index contributed by atoms with van der Waals surface area (Å²) in [5.74, 6) is -0.0187. The number of carbonyl (C=O) groups is 1. The van der Waals surface area contributed by atoms with E-state index < -0.39 is 10.8 Å². The van der Waals surface area contributed by atoms with E-state index in [0.717, 1.165) is 11.3 Å². The van der Waals surface area contributed by atoms with Gasteiger partial charge in [0, 0.05) is 11.1 Å². The molecule has 1 rings (SSSR count). The zero-order valence-corrected chi connectivity index (χ0v) is 11.7. The molecule has 0 spiro atoms. The van der Waals surface area contributed by atoms with Gasteiger partial charge in [-0.05, 0) is 31.5 Å². The summed E-state index contributed by atoms with van der Waals surface area (Å²) in [5, 5.41) is 11.9. The molecule has 3 heteroatoms. The van der Waals surface area contributed by atoms with Gasteiger partial charge >= 0.3 is 0 Å². The maximum absolute atomic E-state index is 11.8. The molecule has 3 nitrogen and oxygen atoms in total. The second-order valence-corrected chi connectivity index (χ2v) is 6.02. The summed E-state index contributed by atoms with van der Waals surface area (Å²) in [5.41, 5.74) is 0.781. The zero-order chi connectivity index (χ0) is 14.0. The number of carbonyl (C=O) groups excluding carboxylic acids is 1. The van der Waals surface area contributed by atoms with Crippen LogP contribution in [-0.4, -0.2) is 5.91 Å². The van der Waals surface area contributed by atoms with Crippen LogP contribution in [0.3, 0.4) is 0 Å². The van der Waals surface area contributed by atoms with E-state index >= 15 is 0 Å². The molecule has 0 saturated heterocycles. The van der Waals surface area contributed by atoms with E-state index in [9.17, 15) is 4.79 Å². The summed E-state index contributed by atoms with van der Waals surface area (Å²) in [7, 11) is 0. The summed E-state index contributed by atoms with van der Waals surface area (Å²) < 4.78 is 0. The van der Waals surface area contributed by atoms with Gasteiger partial charge in [-0.2, -0.15) is 5.26 Å². The van der Waals surface area contributed by atoms with Crippen molar-refractivity contribution in [2.75, 3.05) is 5.32 Å². The average Bonchev–Trinajstić information content (AvgIpc) is 2.28. The van der Waals surface area contributed by atoms with E-state index in [2.05, 4.69) is 11.4 Å².